The van der Waals surface area contributed by atoms with Crippen molar-refractivity contribution in [3.05, 3.63) is 30.0 Å². The van der Waals surface area contributed by atoms with Crippen LogP contribution in [-0.2, 0) is 0 Å². The van der Waals surface area contributed by atoms with Crippen molar-refractivity contribution in [2.45, 2.75) is 30.6 Å². The average Bonchev–Trinajstić information content (AvgIpc) is 3.04. The molecule has 1 heterocycles. The summed E-state index contributed by atoms with van der Waals surface area (Å²) in [5, 5.41) is 4.76. The summed E-state index contributed by atoms with van der Waals surface area (Å²) < 4.78 is 0. The summed E-state index contributed by atoms with van der Waals surface area (Å²) in [6.45, 7) is 0. The van der Waals surface area contributed by atoms with Gasteiger partial charge in [-0.05, 0) is 43.7 Å². The Morgan fingerprint density at radius 1 is 1.45 bits per heavy atom. The number of nitrogens with one attached hydrogen (secondary N) is 2. The molecule has 0 radical (unpaired) electrons. The number of fused-ring (bicyclic) bond motifs is 1. The Labute approximate surface area is 122 Å². The zero-order valence-corrected chi connectivity index (χ0v) is 12.3. The number of hydrogen-bond donors (Lipinski definition) is 3. The zero-order valence-electron chi connectivity index (χ0n) is 11.5. The lowest BCUT2D eigenvalue weighted by molar-refractivity contribution is 0.0939. The molecule has 5 heteroatoms. The molecule has 4 nitrogen and oxygen atoms in total. The molecule has 2 aromatic rings. The standard InChI is InChI=1S/C15H19N3OS/c1-20-11-4-3-10(7-11)18-15(19)13-8-17-14-6-9(16)2-5-12(13)14/h2,5-6,8,10-11,17H,3-4,7,16H2,1H3,(H,18,19). The number of aromatic nitrogens is 1. The maximum absolute atomic E-state index is 12.4. The Kier molecular flexibility index (Phi) is 3.61. The van der Waals surface area contributed by atoms with Crippen LogP contribution in [0.25, 0.3) is 10.9 Å². The van der Waals surface area contributed by atoms with Crippen LogP contribution in [-0.4, -0.2) is 28.4 Å². The van der Waals surface area contributed by atoms with Gasteiger partial charge in [0.2, 0.25) is 0 Å². The number of H-pyrrole nitrogens is 1. The first-order valence-corrected chi connectivity index (χ1v) is 8.16. The minimum Gasteiger partial charge on any atom is -0.399 e. The smallest absolute Gasteiger partial charge is 0.253 e. The lowest BCUT2D eigenvalue weighted by atomic mass is 10.1. The maximum atomic E-state index is 12.4. The molecule has 1 aliphatic carbocycles. The van der Waals surface area contributed by atoms with Crippen molar-refractivity contribution >= 4 is 34.3 Å². The van der Waals surface area contributed by atoms with E-state index in [-0.39, 0.29) is 5.91 Å². The molecule has 1 aromatic heterocycles. The molecule has 2 unspecified atom stereocenters. The van der Waals surface area contributed by atoms with E-state index in [0.717, 1.165) is 23.7 Å². The molecule has 0 saturated heterocycles. The molecule has 1 amide bonds. The van der Waals surface area contributed by atoms with Gasteiger partial charge in [-0.2, -0.15) is 11.8 Å². The van der Waals surface area contributed by atoms with Crippen molar-refractivity contribution < 1.29 is 4.79 Å². The quantitative estimate of drug-likeness (QED) is 0.761. The number of anilines is 1. The Bertz CT molecular complexity index is 637. The van der Waals surface area contributed by atoms with Gasteiger partial charge < -0.3 is 16.0 Å². The lowest BCUT2D eigenvalue weighted by Gasteiger charge is -2.12. The van der Waals surface area contributed by atoms with E-state index >= 15 is 0 Å². The second kappa shape index (κ2) is 5.40. The highest BCUT2D eigenvalue weighted by molar-refractivity contribution is 7.99. The SMILES string of the molecule is CSC1CCC(NC(=O)c2c[nH]c3cc(N)ccc23)C1. The molecule has 20 heavy (non-hydrogen) atoms. The van der Waals surface area contributed by atoms with Gasteiger partial charge in [-0.3, -0.25) is 4.79 Å². The van der Waals surface area contributed by atoms with E-state index in [0.29, 0.717) is 22.5 Å². The van der Waals surface area contributed by atoms with Gasteiger partial charge in [0.1, 0.15) is 0 Å². The summed E-state index contributed by atoms with van der Waals surface area (Å²) >= 11 is 1.89. The summed E-state index contributed by atoms with van der Waals surface area (Å²) in [6.07, 6.45) is 7.24. The topological polar surface area (TPSA) is 70.9 Å². The van der Waals surface area contributed by atoms with Crippen LogP contribution in [0, 0.1) is 0 Å². The molecule has 1 saturated carbocycles. The van der Waals surface area contributed by atoms with E-state index in [1.165, 1.54) is 6.42 Å². The molecule has 3 rings (SSSR count). The van der Waals surface area contributed by atoms with Crippen molar-refractivity contribution in [2.75, 3.05) is 12.0 Å². The molecular formula is C15H19N3OS. The third-order valence-corrected chi connectivity index (χ3v) is 5.10. The first-order valence-electron chi connectivity index (χ1n) is 6.87. The summed E-state index contributed by atoms with van der Waals surface area (Å²) in [7, 11) is 0. The van der Waals surface area contributed by atoms with Crippen molar-refractivity contribution in [1.82, 2.24) is 10.3 Å². The molecule has 0 spiro atoms. The molecule has 2 atom stereocenters. The molecular weight excluding hydrogens is 270 g/mol. The van der Waals surface area contributed by atoms with Gasteiger partial charge in [0.05, 0.1) is 5.56 Å². The Balaban J connectivity index is 1.76. The van der Waals surface area contributed by atoms with Gasteiger partial charge in [-0.25, -0.2) is 0 Å². The zero-order chi connectivity index (χ0) is 14.1. The predicted octanol–water partition coefficient (Wildman–Crippen LogP) is 2.76. The van der Waals surface area contributed by atoms with E-state index in [9.17, 15) is 4.79 Å². The highest BCUT2D eigenvalue weighted by Crippen LogP contribution is 2.28. The van der Waals surface area contributed by atoms with Crippen molar-refractivity contribution in [2.24, 2.45) is 0 Å². The largest absolute Gasteiger partial charge is 0.399 e. The number of nitrogens with two attached hydrogens (primary N) is 1. The monoisotopic (exact) mass is 289 g/mol. The van der Waals surface area contributed by atoms with Crippen LogP contribution in [0.4, 0.5) is 5.69 Å². The van der Waals surface area contributed by atoms with Crippen molar-refractivity contribution in [1.29, 1.82) is 0 Å². The van der Waals surface area contributed by atoms with Gasteiger partial charge in [0.15, 0.2) is 0 Å². The van der Waals surface area contributed by atoms with Crippen molar-refractivity contribution in [3.8, 4) is 0 Å². The van der Waals surface area contributed by atoms with Crippen LogP contribution in [0.3, 0.4) is 0 Å². The Hall–Kier alpha value is -1.62. The van der Waals surface area contributed by atoms with Gasteiger partial charge >= 0.3 is 0 Å². The number of carbonyl (C=O) groups excluding carboxylic acids is 1. The van der Waals surface area contributed by atoms with Crippen molar-refractivity contribution in [3.63, 3.8) is 0 Å². The van der Waals surface area contributed by atoms with Crippen LogP contribution < -0.4 is 11.1 Å². The molecule has 0 bridgehead atoms. The van der Waals surface area contributed by atoms with E-state index in [2.05, 4.69) is 16.6 Å². The summed E-state index contributed by atoms with van der Waals surface area (Å²) in [4.78, 5) is 15.5. The average molecular weight is 289 g/mol. The van der Waals surface area contributed by atoms with Crippen LogP contribution >= 0.6 is 11.8 Å². The second-order valence-corrected chi connectivity index (χ2v) is 6.49. The van der Waals surface area contributed by atoms with E-state index in [4.69, 9.17) is 5.73 Å². The van der Waals surface area contributed by atoms with Crippen LogP contribution in [0.1, 0.15) is 29.6 Å². The minimum atomic E-state index is 0.00720. The first-order chi connectivity index (χ1) is 9.67. The number of benzene rings is 1. The second-order valence-electron chi connectivity index (χ2n) is 5.35. The number of aromatic amines is 1. The highest BCUT2D eigenvalue weighted by Gasteiger charge is 2.26. The van der Waals surface area contributed by atoms with Crippen LogP contribution in [0.5, 0.6) is 0 Å². The highest BCUT2D eigenvalue weighted by atomic mass is 32.2. The predicted molar refractivity (Wildman–Crippen MR) is 85.1 cm³/mol. The van der Waals surface area contributed by atoms with Gasteiger partial charge in [-0.1, -0.05) is 0 Å². The molecule has 4 N–H and O–H groups in total. The van der Waals surface area contributed by atoms with Gasteiger partial charge in [0.25, 0.3) is 5.91 Å². The van der Waals surface area contributed by atoms with E-state index in [1.54, 1.807) is 6.20 Å². The lowest BCUT2D eigenvalue weighted by Crippen LogP contribution is -2.32. The Morgan fingerprint density at radius 3 is 3.05 bits per heavy atom. The maximum Gasteiger partial charge on any atom is 0.253 e. The van der Waals surface area contributed by atoms with E-state index in [1.807, 2.05) is 30.0 Å². The normalized spacial score (nSPS) is 22.2. The fourth-order valence-corrected chi connectivity index (χ4v) is 3.68. The molecule has 1 aromatic carbocycles. The number of rotatable bonds is 3. The number of amides is 1. The fraction of sp³-hybridized carbons (Fsp3) is 0.400. The summed E-state index contributed by atoms with van der Waals surface area (Å²) in [5.41, 5.74) is 8.06. The number of nitrogen functional groups attached to an aromatic ring is 1. The van der Waals surface area contributed by atoms with Gasteiger partial charge in [0, 0.05) is 34.1 Å². The molecule has 106 valence electrons. The van der Waals surface area contributed by atoms with Crippen LogP contribution in [0.2, 0.25) is 0 Å². The molecule has 1 fully saturated rings. The first kappa shape index (κ1) is 13.4. The van der Waals surface area contributed by atoms with Gasteiger partial charge in [-0.15, -0.1) is 0 Å². The minimum absolute atomic E-state index is 0.00720. The third kappa shape index (κ3) is 2.50. The molecule has 0 aliphatic heterocycles. The molecule has 1 aliphatic rings. The summed E-state index contributed by atoms with van der Waals surface area (Å²) in [6, 6.07) is 5.88. The summed E-state index contributed by atoms with van der Waals surface area (Å²) in [5.74, 6) is 0.00720. The third-order valence-electron chi connectivity index (χ3n) is 4.00. The number of thioether (sulfide) groups is 1. The van der Waals surface area contributed by atoms with Crippen LogP contribution in [0.15, 0.2) is 24.4 Å². The number of carbonyl (C=O) groups is 1. The fourth-order valence-electron chi connectivity index (χ4n) is 2.88. The number of hydrogen-bond acceptors (Lipinski definition) is 3. The Morgan fingerprint density at radius 2 is 2.30 bits per heavy atom. The van der Waals surface area contributed by atoms with E-state index < -0.39 is 0 Å².